The third-order valence-electron chi connectivity index (χ3n) is 3.98. The fourth-order valence-electron chi connectivity index (χ4n) is 2.74. The van der Waals surface area contributed by atoms with Gasteiger partial charge in [-0.2, -0.15) is 0 Å². The Balaban J connectivity index is 0.00000225. The van der Waals surface area contributed by atoms with Gasteiger partial charge in [0, 0.05) is 12.1 Å². The SMILES string of the molecule is Cc1cc(-c2ccc(F)cc2)cc(CN)c1OCc1ccccc1.Cl. The van der Waals surface area contributed by atoms with Gasteiger partial charge in [0.25, 0.3) is 0 Å². The molecule has 130 valence electrons. The first-order valence-corrected chi connectivity index (χ1v) is 7.93. The molecule has 0 fully saturated rings. The lowest BCUT2D eigenvalue weighted by molar-refractivity contribution is 0.301. The van der Waals surface area contributed by atoms with E-state index in [1.807, 2.05) is 49.4 Å². The number of ether oxygens (including phenoxy) is 1. The van der Waals surface area contributed by atoms with E-state index in [0.717, 1.165) is 33.6 Å². The number of hydrogen-bond acceptors (Lipinski definition) is 2. The molecule has 0 spiro atoms. The van der Waals surface area contributed by atoms with Gasteiger partial charge in [-0.1, -0.05) is 42.5 Å². The molecular formula is C21H21ClFNO. The maximum atomic E-state index is 13.1. The van der Waals surface area contributed by atoms with Crippen LogP contribution in [0.15, 0.2) is 66.7 Å². The largest absolute Gasteiger partial charge is 0.488 e. The second-order valence-electron chi connectivity index (χ2n) is 5.77. The van der Waals surface area contributed by atoms with Gasteiger partial charge in [0.2, 0.25) is 0 Å². The van der Waals surface area contributed by atoms with Gasteiger partial charge in [0.15, 0.2) is 0 Å². The van der Waals surface area contributed by atoms with E-state index in [4.69, 9.17) is 10.5 Å². The first kappa shape index (κ1) is 19.0. The lowest BCUT2D eigenvalue weighted by Crippen LogP contribution is -2.05. The lowest BCUT2D eigenvalue weighted by atomic mass is 9.99. The molecule has 3 aromatic rings. The fourth-order valence-corrected chi connectivity index (χ4v) is 2.74. The predicted octanol–water partition coefficient (Wildman–Crippen LogP) is 5.26. The summed E-state index contributed by atoms with van der Waals surface area (Å²) in [6, 6.07) is 20.6. The van der Waals surface area contributed by atoms with E-state index in [2.05, 4.69) is 0 Å². The van der Waals surface area contributed by atoms with Gasteiger partial charge in [-0.15, -0.1) is 12.4 Å². The number of hydrogen-bond donors (Lipinski definition) is 1. The molecule has 0 heterocycles. The van der Waals surface area contributed by atoms with Gasteiger partial charge in [0.1, 0.15) is 18.2 Å². The van der Waals surface area contributed by atoms with Crippen LogP contribution in [0.2, 0.25) is 0 Å². The van der Waals surface area contributed by atoms with E-state index >= 15 is 0 Å². The Hall–Kier alpha value is -2.36. The molecule has 0 unspecified atom stereocenters. The van der Waals surface area contributed by atoms with Crippen molar-refractivity contribution < 1.29 is 9.13 Å². The highest BCUT2D eigenvalue weighted by Crippen LogP contribution is 2.31. The van der Waals surface area contributed by atoms with Crippen LogP contribution < -0.4 is 10.5 Å². The Bertz CT molecular complexity index is 819. The summed E-state index contributed by atoms with van der Waals surface area (Å²) < 4.78 is 19.1. The Morgan fingerprint density at radius 1 is 0.920 bits per heavy atom. The molecule has 0 saturated carbocycles. The van der Waals surface area contributed by atoms with Crippen LogP contribution in [0.25, 0.3) is 11.1 Å². The van der Waals surface area contributed by atoms with Crippen molar-refractivity contribution in [1.82, 2.24) is 0 Å². The van der Waals surface area contributed by atoms with Crippen molar-refractivity contribution in [2.45, 2.75) is 20.1 Å². The number of benzene rings is 3. The smallest absolute Gasteiger partial charge is 0.127 e. The van der Waals surface area contributed by atoms with Crippen LogP contribution in [-0.4, -0.2) is 0 Å². The highest BCUT2D eigenvalue weighted by molar-refractivity contribution is 5.85. The van der Waals surface area contributed by atoms with Crippen LogP contribution >= 0.6 is 12.4 Å². The third-order valence-corrected chi connectivity index (χ3v) is 3.98. The van der Waals surface area contributed by atoms with Crippen molar-refractivity contribution in [1.29, 1.82) is 0 Å². The first-order valence-electron chi connectivity index (χ1n) is 7.93. The van der Waals surface area contributed by atoms with Crippen molar-refractivity contribution in [3.05, 3.63) is 89.2 Å². The van der Waals surface area contributed by atoms with Gasteiger partial charge in [0.05, 0.1) is 0 Å². The maximum absolute atomic E-state index is 13.1. The van der Waals surface area contributed by atoms with Crippen LogP contribution in [0.3, 0.4) is 0 Å². The summed E-state index contributed by atoms with van der Waals surface area (Å²) in [5, 5.41) is 0. The first-order chi connectivity index (χ1) is 11.7. The van der Waals surface area contributed by atoms with E-state index in [1.54, 1.807) is 12.1 Å². The summed E-state index contributed by atoms with van der Waals surface area (Å²) in [4.78, 5) is 0. The van der Waals surface area contributed by atoms with Gasteiger partial charge in [-0.25, -0.2) is 4.39 Å². The van der Waals surface area contributed by atoms with E-state index in [-0.39, 0.29) is 18.2 Å². The Morgan fingerprint density at radius 3 is 2.24 bits per heavy atom. The highest BCUT2D eigenvalue weighted by atomic mass is 35.5. The summed E-state index contributed by atoms with van der Waals surface area (Å²) in [7, 11) is 0. The van der Waals surface area contributed by atoms with Crippen molar-refractivity contribution in [2.24, 2.45) is 5.73 Å². The fraction of sp³-hybridized carbons (Fsp3) is 0.143. The van der Waals surface area contributed by atoms with E-state index in [1.165, 1.54) is 12.1 Å². The van der Waals surface area contributed by atoms with Crippen molar-refractivity contribution in [3.63, 3.8) is 0 Å². The van der Waals surface area contributed by atoms with Crippen LogP contribution in [0, 0.1) is 12.7 Å². The standard InChI is InChI=1S/C21H20FNO.ClH/c1-15-11-18(17-7-9-20(22)10-8-17)12-19(13-23)21(15)24-14-16-5-3-2-4-6-16;/h2-12H,13-14,23H2,1H3;1H. The molecule has 3 aromatic carbocycles. The second-order valence-corrected chi connectivity index (χ2v) is 5.77. The zero-order chi connectivity index (χ0) is 16.9. The Labute approximate surface area is 153 Å². The number of nitrogens with two attached hydrogens (primary N) is 1. The lowest BCUT2D eigenvalue weighted by Gasteiger charge is -2.16. The van der Waals surface area contributed by atoms with Crippen molar-refractivity contribution >= 4 is 12.4 Å². The summed E-state index contributed by atoms with van der Waals surface area (Å²) >= 11 is 0. The monoisotopic (exact) mass is 357 g/mol. The number of rotatable bonds is 5. The highest BCUT2D eigenvalue weighted by Gasteiger charge is 2.10. The summed E-state index contributed by atoms with van der Waals surface area (Å²) in [6.07, 6.45) is 0. The Morgan fingerprint density at radius 2 is 1.60 bits per heavy atom. The zero-order valence-electron chi connectivity index (χ0n) is 14.0. The summed E-state index contributed by atoms with van der Waals surface area (Å²) in [6.45, 7) is 2.90. The molecule has 0 saturated heterocycles. The molecule has 0 aromatic heterocycles. The molecule has 2 N–H and O–H groups in total. The summed E-state index contributed by atoms with van der Waals surface area (Å²) in [5.74, 6) is 0.588. The van der Waals surface area contributed by atoms with Crippen molar-refractivity contribution in [3.8, 4) is 16.9 Å². The normalized spacial score (nSPS) is 10.2. The average molecular weight is 358 g/mol. The number of aryl methyl sites for hydroxylation is 1. The molecule has 0 aliphatic carbocycles. The van der Waals surface area contributed by atoms with Gasteiger partial charge in [-0.05, 0) is 53.4 Å². The van der Waals surface area contributed by atoms with Crippen molar-refractivity contribution in [2.75, 3.05) is 0 Å². The minimum absolute atomic E-state index is 0. The molecule has 0 aliphatic rings. The number of halogens is 2. The molecule has 0 atom stereocenters. The molecule has 0 amide bonds. The topological polar surface area (TPSA) is 35.2 Å². The van der Waals surface area contributed by atoms with Gasteiger partial charge >= 0.3 is 0 Å². The molecule has 0 aliphatic heterocycles. The molecule has 0 radical (unpaired) electrons. The van der Waals surface area contributed by atoms with Crippen LogP contribution in [0.5, 0.6) is 5.75 Å². The van der Waals surface area contributed by atoms with Crippen LogP contribution in [-0.2, 0) is 13.2 Å². The zero-order valence-corrected chi connectivity index (χ0v) is 14.9. The Kier molecular flexibility index (Phi) is 6.57. The second kappa shape index (κ2) is 8.65. The van der Waals surface area contributed by atoms with Gasteiger partial charge < -0.3 is 10.5 Å². The molecule has 3 rings (SSSR count). The molecule has 0 bridgehead atoms. The molecular weight excluding hydrogens is 337 g/mol. The molecule has 4 heteroatoms. The molecule has 25 heavy (non-hydrogen) atoms. The van der Waals surface area contributed by atoms with Gasteiger partial charge in [-0.3, -0.25) is 0 Å². The van der Waals surface area contributed by atoms with Crippen LogP contribution in [0.4, 0.5) is 4.39 Å². The quantitative estimate of drug-likeness (QED) is 0.676. The van der Waals surface area contributed by atoms with E-state index < -0.39 is 0 Å². The minimum Gasteiger partial charge on any atom is -0.488 e. The van der Waals surface area contributed by atoms with E-state index in [9.17, 15) is 4.39 Å². The molecule has 2 nitrogen and oxygen atoms in total. The minimum atomic E-state index is -0.239. The van der Waals surface area contributed by atoms with E-state index in [0.29, 0.717) is 13.2 Å². The maximum Gasteiger partial charge on any atom is 0.127 e. The third kappa shape index (κ3) is 4.59. The van der Waals surface area contributed by atoms with Crippen LogP contribution in [0.1, 0.15) is 16.7 Å². The predicted molar refractivity (Wildman–Crippen MR) is 102 cm³/mol. The average Bonchev–Trinajstić information content (AvgIpc) is 2.61. The summed E-state index contributed by atoms with van der Waals surface area (Å²) in [5.41, 5.74) is 11.0.